The van der Waals surface area contributed by atoms with Crippen molar-refractivity contribution in [3.05, 3.63) is 102 Å². The van der Waals surface area contributed by atoms with Gasteiger partial charge < -0.3 is 0 Å². The number of halogens is 2. The number of rotatable bonds is 11. The summed E-state index contributed by atoms with van der Waals surface area (Å²) in [7, 11) is 0. The molecule has 0 heterocycles. The first-order valence-electron chi connectivity index (χ1n) is 11.2. The smallest absolute Gasteiger partial charge is 0.202 e. The lowest BCUT2D eigenvalue weighted by molar-refractivity contribution is 0.0689. The largest absolute Gasteiger partial charge is 0.271 e. The Kier molecular flexibility index (Phi) is 9.82. The lowest BCUT2D eigenvalue weighted by atomic mass is 9.76. The van der Waals surface area contributed by atoms with E-state index in [-0.39, 0.29) is 16.9 Å². The first kappa shape index (κ1) is 27.6. The summed E-state index contributed by atoms with van der Waals surface area (Å²) in [6.07, 6.45) is 6.90. The van der Waals surface area contributed by atoms with Gasteiger partial charge in [-0.1, -0.05) is 107 Å². The Balaban J connectivity index is 3.26. The molecule has 0 atom stereocenters. The maximum Gasteiger partial charge on any atom is 0.271 e. The van der Waals surface area contributed by atoms with Gasteiger partial charge in [-0.05, 0) is 60.3 Å². The summed E-state index contributed by atoms with van der Waals surface area (Å²) in [5, 5.41) is 0. The standard InChI is InChI=1S/C30H40F2/c1-11-22(4)24(6)23(5)19-29(8,9)20-27(21(2)3)17-18-28(30(10,31)32)25(7)26-15-13-12-14-16-26/h11-18,21H,1,5,7,19-20H2,2-4,6,8-10H3/b24-22-,27-17-,28-18+. The molecule has 1 rings (SSSR count). The second-order valence-corrected chi connectivity index (χ2v) is 9.84. The zero-order valence-corrected chi connectivity index (χ0v) is 21.0. The minimum absolute atomic E-state index is 0.0514. The molecule has 1 aromatic rings. The Labute approximate surface area is 194 Å². The molecule has 0 saturated heterocycles. The fourth-order valence-corrected chi connectivity index (χ4v) is 3.71. The van der Waals surface area contributed by atoms with Crippen LogP contribution < -0.4 is 0 Å². The molecule has 1 aromatic carbocycles. The highest BCUT2D eigenvalue weighted by molar-refractivity contribution is 5.79. The molecule has 0 aliphatic rings. The molecule has 32 heavy (non-hydrogen) atoms. The predicted molar refractivity (Wildman–Crippen MR) is 138 cm³/mol. The highest BCUT2D eigenvalue weighted by Crippen LogP contribution is 2.38. The fraction of sp³-hybridized carbons (Fsp3) is 0.400. The summed E-state index contributed by atoms with van der Waals surface area (Å²) in [5.41, 5.74) is 5.45. The third-order valence-electron chi connectivity index (χ3n) is 5.93. The van der Waals surface area contributed by atoms with Crippen LogP contribution in [0.3, 0.4) is 0 Å². The molecule has 0 saturated carbocycles. The van der Waals surface area contributed by atoms with Gasteiger partial charge in [-0.25, -0.2) is 8.78 Å². The van der Waals surface area contributed by atoms with E-state index in [0.29, 0.717) is 11.1 Å². The van der Waals surface area contributed by atoms with Gasteiger partial charge in [0.25, 0.3) is 5.92 Å². The number of alkyl halides is 2. The van der Waals surface area contributed by atoms with Crippen molar-refractivity contribution in [2.24, 2.45) is 11.3 Å². The van der Waals surface area contributed by atoms with Crippen molar-refractivity contribution in [2.45, 2.75) is 67.2 Å². The Bertz CT molecular complexity index is 913. The van der Waals surface area contributed by atoms with Crippen molar-refractivity contribution in [3.63, 3.8) is 0 Å². The van der Waals surface area contributed by atoms with Crippen molar-refractivity contribution in [1.82, 2.24) is 0 Å². The molecule has 174 valence electrons. The van der Waals surface area contributed by atoms with E-state index in [1.54, 1.807) is 6.08 Å². The number of hydrogen-bond acceptors (Lipinski definition) is 0. The van der Waals surface area contributed by atoms with Crippen LogP contribution in [0, 0.1) is 11.3 Å². The molecule has 0 aliphatic heterocycles. The average Bonchev–Trinajstić information content (AvgIpc) is 2.70. The molecule has 0 bridgehead atoms. The zero-order valence-electron chi connectivity index (χ0n) is 21.0. The molecule has 2 heteroatoms. The van der Waals surface area contributed by atoms with E-state index >= 15 is 0 Å². The maximum absolute atomic E-state index is 14.5. The van der Waals surface area contributed by atoms with Crippen molar-refractivity contribution in [3.8, 4) is 0 Å². The van der Waals surface area contributed by atoms with E-state index in [9.17, 15) is 8.78 Å². The zero-order chi connectivity index (χ0) is 24.7. The van der Waals surface area contributed by atoms with Crippen LogP contribution in [0.25, 0.3) is 5.57 Å². The summed E-state index contributed by atoms with van der Waals surface area (Å²) in [6, 6.07) is 9.16. The van der Waals surface area contributed by atoms with Crippen LogP contribution in [0.1, 0.15) is 66.9 Å². The summed E-state index contributed by atoms with van der Waals surface area (Å²) in [6.45, 7) is 25.7. The molecule has 0 radical (unpaired) electrons. The first-order chi connectivity index (χ1) is 14.7. The second kappa shape index (κ2) is 11.4. The lowest BCUT2D eigenvalue weighted by Crippen LogP contribution is -2.17. The van der Waals surface area contributed by atoms with E-state index in [0.717, 1.165) is 42.1 Å². The third kappa shape index (κ3) is 8.22. The third-order valence-corrected chi connectivity index (χ3v) is 5.93. The van der Waals surface area contributed by atoms with Gasteiger partial charge in [0, 0.05) is 12.5 Å². The van der Waals surface area contributed by atoms with Gasteiger partial charge in [0.1, 0.15) is 0 Å². The van der Waals surface area contributed by atoms with E-state index in [4.69, 9.17) is 0 Å². The molecule has 0 unspecified atom stereocenters. The molecule has 0 nitrogen and oxygen atoms in total. The van der Waals surface area contributed by atoms with E-state index in [1.165, 1.54) is 0 Å². The summed E-state index contributed by atoms with van der Waals surface area (Å²) in [4.78, 5) is 0. The fourth-order valence-electron chi connectivity index (χ4n) is 3.71. The molecule has 0 aliphatic carbocycles. The Morgan fingerprint density at radius 2 is 1.53 bits per heavy atom. The molecule has 0 spiro atoms. The van der Waals surface area contributed by atoms with Crippen molar-refractivity contribution in [2.75, 3.05) is 0 Å². The Hall–Kier alpha value is -2.48. The topological polar surface area (TPSA) is 0 Å². The molecule has 0 aromatic heterocycles. The quantitative estimate of drug-likeness (QED) is 0.302. The maximum atomic E-state index is 14.5. The Morgan fingerprint density at radius 1 is 0.969 bits per heavy atom. The van der Waals surface area contributed by atoms with Gasteiger partial charge >= 0.3 is 0 Å². The normalized spacial score (nSPS) is 14.3. The Morgan fingerprint density at radius 3 is 2.00 bits per heavy atom. The monoisotopic (exact) mass is 438 g/mol. The van der Waals surface area contributed by atoms with Crippen LogP contribution in [0.5, 0.6) is 0 Å². The van der Waals surface area contributed by atoms with Crippen LogP contribution in [-0.4, -0.2) is 5.92 Å². The van der Waals surface area contributed by atoms with Gasteiger partial charge in [-0.2, -0.15) is 0 Å². The first-order valence-corrected chi connectivity index (χ1v) is 11.2. The van der Waals surface area contributed by atoms with Crippen LogP contribution >= 0.6 is 0 Å². The molecule has 0 amide bonds. The highest BCUT2D eigenvalue weighted by Gasteiger charge is 2.30. The highest BCUT2D eigenvalue weighted by atomic mass is 19.3. The number of hydrogen-bond donors (Lipinski definition) is 0. The minimum atomic E-state index is -2.99. The molecule has 0 fully saturated rings. The van der Waals surface area contributed by atoms with Gasteiger partial charge in [-0.15, -0.1) is 0 Å². The van der Waals surface area contributed by atoms with Crippen LogP contribution in [0.4, 0.5) is 8.78 Å². The predicted octanol–water partition coefficient (Wildman–Crippen LogP) is 9.75. The van der Waals surface area contributed by atoms with Gasteiger partial charge in [-0.3, -0.25) is 0 Å². The van der Waals surface area contributed by atoms with Crippen molar-refractivity contribution >= 4 is 5.57 Å². The van der Waals surface area contributed by atoms with Crippen molar-refractivity contribution < 1.29 is 8.78 Å². The number of benzene rings is 1. The second-order valence-electron chi connectivity index (χ2n) is 9.84. The van der Waals surface area contributed by atoms with Crippen molar-refractivity contribution in [1.29, 1.82) is 0 Å². The van der Waals surface area contributed by atoms with Gasteiger partial charge in [0.05, 0.1) is 0 Å². The van der Waals surface area contributed by atoms with Crippen LogP contribution in [0.2, 0.25) is 0 Å². The van der Waals surface area contributed by atoms with Gasteiger partial charge in [0.15, 0.2) is 0 Å². The van der Waals surface area contributed by atoms with Crippen LogP contribution in [-0.2, 0) is 0 Å². The van der Waals surface area contributed by atoms with Gasteiger partial charge in [0.2, 0.25) is 0 Å². The summed E-state index contributed by atoms with van der Waals surface area (Å²) >= 11 is 0. The molecular formula is C30H40F2. The van der Waals surface area contributed by atoms with E-state index < -0.39 is 5.92 Å². The number of allylic oxidation sites excluding steroid dienone is 9. The van der Waals surface area contributed by atoms with Crippen LogP contribution in [0.15, 0.2) is 96.2 Å². The summed E-state index contributed by atoms with van der Waals surface area (Å²) in [5.74, 6) is -2.75. The lowest BCUT2D eigenvalue weighted by Gasteiger charge is -2.29. The SMILES string of the molecule is C=C/C(C)=C(/C)C(=C)CC(C)(C)C/C(=C/C=C(\C(=C)c1ccccc1)C(C)(F)F)C(C)C. The minimum Gasteiger partial charge on any atom is -0.202 e. The molecule has 0 N–H and O–H groups in total. The van der Waals surface area contributed by atoms with E-state index in [2.05, 4.69) is 54.4 Å². The average molecular weight is 439 g/mol. The van der Waals surface area contributed by atoms with E-state index in [1.807, 2.05) is 49.4 Å². The molecular weight excluding hydrogens is 398 g/mol. The summed E-state index contributed by atoms with van der Waals surface area (Å²) < 4.78 is 29.0.